The van der Waals surface area contributed by atoms with E-state index in [1.807, 2.05) is 38.1 Å². The highest BCUT2D eigenvalue weighted by Crippen LogP contribution is 2.23. The standard InChI is InChI=1S/C16H18FNO/c1-11-5-3-6-12(2)16(11)19-10-15(18)13-7-4-8-14(17)9-13/h3-9,15H,10,18H2,1-2H3. The van der Waals surface area contributed by atoms with Gasteiger partial charge in [-0.25, -0.2) is 4.39 Å². The summed E-state index contributed by atoms with van der Waals surface area (Å²) in [5.74, 6) is 0.578. The number of halogens is 1. The lowest BCUT2D eigenvalue weighted by Crippen LogP contribution is -2.19. The van der Waals surface area contributed by atoms with Gasteiger partial charge in [0.15, 0.2) is 0 Å². The number of benzene rings is 2. The second-order valence-corrected chi connectivity index (χ2v) is 4.69. The van der Waals surface area contributed by atoms with Gasteiger partial charge < -0.3 is 10.5 Å². The lowest BCUT2D eigenvalue weighted by atomic mass is 10.1. The first-order valence-electron chi connectivity index (χ1n) is 6.28. The fourth-order valence-corrected chi connectivity index (χ4v) is 2.03. The molecule has 0 bridgehead atoms. The smallest absolute Gasteiger partial charge is 0.125 e. The van der Waals surface area contributed by atoms with Gasteiger partial charge in [-0.1, -0.05) is 30.3 Å². The SMILES string of the molecule is Cc1cccc(C)c1OCC(N)c1cccc(F)c1. The lowest BCUT2D eigenvalue weighted by molar-refractivity contribution is 0.287. The third kappa shape index (κ3) is 3.32. The van der Waals surface area contributed by atoms with Crippen molar-refractivity contribution in [1.82, 2.24) is 0 Å². The minimum absolute atomic E-state index is 0.278. The molecule has 2 aromatic rings. The molecule has 0 heterocycles. The van der Waals surface area contributed by atoms with Gasteiger partial charge in [-0.3, -0.25) is 0 Å². The molecule has 2 nitrogen and oxygen atoms in total. The van der Waals surface area contributed by atoms with E-state index in [1.54, 1.807) is 6.07 Å². The fraction of sp³-hybridized carbons (Fsp3) is 0.250. The molecule has 2 N–H and O–H groups in total. The van der Waals surface area contributed by atoms with Crippen molar-refractivity contribution >= 4 is 0 Å². The van der Waals surface area contributed by atoms with E-state index in [1.165, 1.54) is 12.1 Å². The molecule has 0 spiro atoms. The summed E-state index contributed by atoms with van der Waals surface area (Å²) in [7, 11) is 0. The van der Waals surface area contributed by atoms with Gasteiger partial charge >= 0.3 is 0 Å². The van der Waals surface area contributed by atoms with Crippen LogP contribution in [0, 0.1) is 19.7 Å². The van der Waals surface area contributed by atoms with Crippen LogP contribution in [0.25, 0.3) is 0 Å². The Labute approximate surface area is 113 Å². The van der Waals surface area contributed by atoms with E-state index in [0.717, 1.165) is 22.4 Å². The Balaban J connectivity index is 2.06. The molecule has 1 atom stereocenters. The van der Waals surface area contributed by atoms with Gasteiger partial charge in [-0.15, -0.1) is 0 Å². The Bertz CT molecular complexity index is 548. The van der Waals surface area contributed by atoms with E-state index in [0.29, 0.717) is 6.61 Å². The summed E-state index contributed by atoms with van der Waals surface area (Å²) in [5.41, 5.74) is 8.91. The largest absolute Gasteiger partial charge is 0.491 e. The highest BCUT2D eigenvalue weighted by Gasteiger charge is 2.10. The zero-order valence-electron chi connectivity index (χ0n) is 11.2. The zero-order valence-corrected chi connectivity index (χ0v) is 11.2. The zero-order chi connectivity index (χ0) is 13.8. The van der Waals surface area contributed by atoms with Crippen molar-refractivity contribution in [2.75, 3.05) is 6.61 Å². The molecule has 0 radical (unpaired) electrons. The van der Waals surface area contributed by atoms with Crippen molar-refractivity contribution in [3.63, 3.8) is 0 Å². The van der Waals surface area contributed by atoms with Crippen LogP contribution in [0.3, 0.4) is 0 Å². The normalized spacial score (nSPS) is 12.2. The minimum atomic E-state index is -0.338. The van der Waals surface area contributed by atoms with Crippen molar-refractivity contribution in [2.45, 2.75) is 19.9 Å². The van der Waals surface area contributed by atoms with E-state index < -0.39 is 0 Å². The Morgan fingerprint density at radius 1 is 1.11 bits per heavy atom. The molecule has 0 fully saturated rings. The van der Waals surface area contributed by atoms with E-state index in [9.17, 15) is 4.39 Å². The van der Waals surface area contributed by atoms with Gasteiger partial charge in [0.05, 0.1) is 6.04 Å². The van der Waals surface area contributed by atoms with Gasteiger partial charge in [-0.05, 0) is 42.7 Å². The van der Waals surface area contributed by atoms with Crippen molar-refractivity contribution in [3.05, 3.63) is 65.0 Å². The maximum absolute atomic E-state index is 13.1. The topological polar surface area (TPSA) is 35.2 Å². The second-order valence-electron chi connectivity index (χ2n) is 4.69. The molecule has 0 aliphatic rings. The summed E-state index contributed by atoms with van der Waals surface area (Å²) < 4.78 is 18.9. The molecule has 0 aliphatic carbocycles. The fourth-order valence-electron chi connectivity index (χ4n) is 2.03. The molecule has 0 saturated carbocycles. The van der Waals surface area contributed by atoms with Crippen LogP contribution >= 0.6 is 0 Å². The second kappa shape index (κ2) is 5.85. The van der Waals surface area contributed by atoms with Gasteiger partial charge in [0.1, 0.15) is 18.2 Å². The Hall–Kier alpha value is -1.87. The van der Waals surface area contributed by atoms with E-state index >= 15 is 0 Å². The Morgan fingerprint density at radius 2 is 1.74 bits per heavy atom. The Kier molecular flexibility index (Phi) is 4.17. The minimum Gasteiger partial charge on any atom is -0.491 e. The molecule has 1 unspecified atom stereocenters. The van der Waals surface area contributed by atoms with Gasteiger partial charge in [-0.2, -0.15) is 0 Å². The molecule has 2 rings (SSSR count). The third-order valence-electron chi connectivity index (χ3n) is 3.09. The number of nitrogens with two attached hydrogens (primary N) is 1. The predicted octanol–water partition coefficient (Wildman–Crippen LogP) is 3.52. The first kappa shape index (κ1) is 13.6. The molecule has 2 aromatic carbocycles. The molecule has 0 aromatic heterocycles. The van der Waals surface area contributed by atoms with Crippen LogP contribution in [0.15, 0.2) is 42.5 Å². The molecule has 3 heteroatoms. The van der Waals surface area contributed by atoms with Gasteiger partial charge in [0.2, 0.25) is 0 Å². The quantitative estimate of drug-likeness (QED) is 0.911. The first-order chi connectivity index (χ1) is 9.08. The van der Waals surface area contributed by atoms with Crippen LogP contribution in [-0.2, 0) is 0 Å². The maximum atomic E-state index is 13.1. The van der Waals surface area contributed by atoms with Gasteiger partial charge in [0, 0.05) is 0 Å². The number of hydrogen-bond donors (Lipinski definition) is 1. The number of ether oxygens (including phenoxy) is 1. The molecular formula is C16H18FNO. The highest BCUT2D eigenvalue weighted by atomic mass is 19.1. The van der Waals surface area contributed by atoms with Crippen molar-refractivity contribution in [3.8, 4) is 5.75 Å². The summed E-state index contributed by atoms with van der Waals surface area (Å²) in [6, 6.07) is 12.0. The Morgan fingerprint density at radius 3 is 2.37 bits per heavy atom. The molecule has 19 heavy (non-hydrogen) atoms. The summed E-state index contributed by atoms with van der Waals surface area (Å²) in [6.07, 6.45) is 0. The first-order valence-corrected chi connectivity index (χ1v) is 6.28. The van der Waals surface area contributed by atoms with Crippen molar-refractivity contribution < 1.29 is 9.13 Å². The van der Waals surface area contributed by atoms with E-state index in [4.69, 9.17) is 10.5 Å². The van der Waals surface area contributed by atoms with Crippen molar-refractivity contribution in [1.29, 1.82) is 0 Å². The summed E-state index contributed by atoms with van der Waals surface area (Å²) in [4.78, 5) is 0. The van der Waals surface area contributed by atoms with Crippen LogP contribution in [0.1, 0.15) is 22.7 Å². The van der Waals surface area contributed by atoms with Crippen LogP contribution in [0.5, 0.6) is 5.75 Å². The highest BCUT2D eigenvalue weighted by molar-refractivity contribution is 5.39. The van der Waals surface area contributed by atoms with E-state index in [-0.39, 0.29) is 11.9 Å². The molecule has 0 saturated heterocycles. The van der Waals surface area contributed by atoms with E-state index in [2.05, 4.69) is 0 Å². The van der Waals surface area contributed by atoms with Crippen molar-refractivity contribution in [2.24, 2.45) is 5.73 Å². The summed E-state index contributed by atoms with van der Waals surface area (Å²) in [5, 5.41) is 0. The third-order valence-corrected chi connectivity index (χ3v) is 3.09. The van der Waals surface area contributed by atoms with Gasteiger partial charge in [0.25, 0.3) is 0 Å². The van der Waals surface area contributed by atoms with Crippen LogP contribution in [-0.4, -0.2) is 6.61 Å². The molecule has 100 valence electrons. The van der Waals surface area contributed by atoms with Crippen LogP contribution < -0.4 is 10.5 Å². The number of aryl methyl sites for hydroxylation is 2. The monoisotopic (exact) mass is 259 g/mol. The lowest BCUT2D eigenvalue weighted by Gasteiger charge is -2.16. The average Bonchev–Trinajstić information content (AvgIpc) is 2.38. The van der Waals surface area contributed by atoms with Crippen LogP contribution in [0.2, 0.25) is 0 Å². The predicted molar refractivity (Wildman–Crippen MR) is 74.7 cm³/mol. The average molecular weight is 259 g/mol. The molecular weight excluding hydrogens is 241 g/mol. The number of rotatable bonds is 4. The maximum Gasteiger partial charge on any atom is 0.125 e. The molecule has 0 aliphatic heterocycles. The number of hydrogen-bond acceptors (Lipinski definition) is 2. The molecule has 0 amide bonds. The number of para-hydroxylation sites is 1. The summed E-state index contributed by atoms with van der Waals surface area (Å²) in [6.45, 7) is 4.32. The van der Waals surface area contributed by atoms with Crippen LogP contribution in [0.4, 0.5) is 4.39 Å². The summed E-state index contributed by atoms with van der Waals surface area (Å²) >= 11 is 0.